The Morgan fingerprint density at radius 3 is 2.16 bits per heavy atom. The lowest BCUT2D eigenvalue weighted by atomic mass is 10.0. The van der Waals surface area contributed by atoms with Crippen LogP contribution >= 0.6 is 0 Å². The minimum absolute atomic E-state index is 0.0376. The molecule has 0 spiro atoms. The molecular weight excluding hydrogens is 327 g/mol. The maximum atomic E-state index is 13.8. The van der Waals surface area contributed by atoms with Crippen molar-refractivity contribution in [2.45, 2.75) is 52.5 Å². The molecule has 1 fully saturated rings. The summed E-state index contributed by atoms with van der Waals surface area (Å²) < 4.78 is 13.8. The standard InChI is InChI=1S/C15H13FN2O4.C3H8/c1-2-7-5-8-9(6-10(7)16)15(22)18(14(8)21)11-3-4-12(19)17-13(11)20;1-3-2/h5-6,11H,2-4H2,1H3,(H,17,19,20);3H2,1-2H3. The number of carbonyl (C=O) groups excluding carboxylic acids is 4. The van der Waals surface area contributed by atoms with E-state index in [9.17, 15) is 23.6 Å². The predicted molar refractivity (Wildman–Crippen MR) is 88.4 cm³/mol. The number of carbonyl (C=O) groups is 4. The molecule has 2 aliphatic rings. The zero-order valence-electron chi connectivity index (χ0n) is 14.5. The summed E-state index contributed by atoms with van der Waals surface area (Å²) >= 11 is 0. The summed E-state index contributed by atoms with van der Waals surface area (Å²) in [6.45, 7) is 5.99. The smallest absolute Gasteiger partial charge is 0.262 e. The van der Waals surface area contributed by atoms with E-state index in [1.54, 1.807) is 6.92 Å². The molecule has 3 rings (SSSR count). The van der Waals surface area contributed by atoms with Gasteiger partial charge in [0, 0.05) is 6.42 Å². The molecule has 1 aromatic carbocycles. The summed E-state index contributed by atoms with van der Waals surface area (Å²) in [6, 6.07) is 1.37. The molecule has 0 aliphatic carbocycles. The van der Waals surface area contributed by atoms with Crippen LogP contribution in [0.15, 0.2) is 12.1 Å². The molecule has 0 aromatic heterocycles. The van der Waals surface area contributed by atoms with Gasteiger partial charge in [-0.3, -0.25) is 29.4 Å². The Balaban J connectivity index is 0.000000701. The van der Waals surface area contributed by atoms with E-state index >= 15 is 0 Å². The van der Waals surface area contributed by atoms with E-state index in [4.69, 9.17) is 0 Å². The van der Waals surface area contributed by atoms with Crippen LogP contribution in [-0.2, 0) is 16.0 Å². The normalized spacial score (nSPS) is 19.4. The van der Waals surface area contributed by atoms with Gasteiger partial charge in [0.2, 0.25) is 11.8 Å². The molecule has 4 amide bonds. The van der Waals surface area contributed by atoms with Crippen LogP contribution in [0.4, 0.5) is 4.39 Å². The number of hydrogen-bond donors (Lipinski definition) is 1. The minimum atomic E-state index is -1.03. The highest BCUT2D eigenvalue weighted by Crippen LogP contribution is 2.29. The van der Waals surface area contributed by atoms with Gasteiger partial charge in [0.15, 0.2) is 0 Å². The summed E-state index contributed by atoms with van der Waals surface area (Å²) in [5.74, 6) is -2.98. The van der Waals surface area contributed by atoms with E-state index < -0.39 is 35.5 Å². The molecule has 2 heterocycles. The maximum absolute atomic E-state index is 13.8. The van der Waals surface area contributed by atoms with Crippen molar-refractivity contribution in [2.24, 2.45) is 0 Å². The molecule has 1 saturated heterocycles. The Morgan fingerprint density at radius 2 is 1.64 bits per heavy atom. The van der Waals surface area contributed by atoms with E-state index in [1.807, 2.05) is 0 Å². The highest BCUT2D eigenvalue weighted by molar-refractivity contribution is 6.23. The van der Waals surface area contributed by atoms with Gasteiger partial charge in [-0.15, -0.1) is 0 Å². The summed E-state index contributed by atoms with van der Waals surface area (Å²) in [4.78, 5) is 48.7. The molecular formula is C18H21FN2O4. The quantitative estimate of drug-likeness (QED) is 0.831. The number of halogens is 1. The third kappa shape index (κ3) is 3.45. The van der Waals surface area contributed by atoms with E-state index in [1.165, 1.54) is 12.5 Å². The van der Waals surface area contributed by atoms with Crippen molar-refractivity contribution in [1.82, 2.24) is 10.2 Å². The Kier molecular flexibility index (Phi) is 5.66. The predicted octanol–water partition coefficient (Wildman–Crippen LogP) is 2.21. The van der Waals surface area contributed by atoms with E-state index in [0.29, 0.717) is 12.0 Å². The van der Waals surface area contributed by atoms with Gasteiger partial charge >= 0.3 is 0 Å². The van der Waals surface area contributed by atoms with E-state index in [2.05, 4.69) is 19.2 Å². The van der Waals surface area contributed by atoms with E-state index in [0.717, 1.165) is 11.0 Å². The van der Waals surface area contributed by atoms with Gasteiger partial charge in [-0.05, 0) is 30.5 Å². The van der Waals surface area contributed by atoms with Gasteiger partial charge in [-0.25, -0.2) is 4.39 Å². The van der Waals surface area contributed by atoms with Crippen LogP contribution < -0.4 is 5.32 Å². The first-order chi connectivity index (χ1) is 11.8. The van der Waals surface area contributed by atoms with Crippen molar-refractivity contribution >= 4 is 23.6 Å². The minimum Gasteiger partial charge on any atom is -0.295 e. The number of fused-ring (bicyclic) bond motifs is 1. The number of piperidine rings is 1. The fraction of sp³-hybridized carbons (Fsp3) is 0.444. The average Bonchev–Trinajstić information content (AvgIpc) is 2.79. The van der Waals surface area contributed by atoms with Gasteiger partial charge in [0.05, 0.1) is 11.1 Å². The molecule has 25 heavy (non-hydrogen) atoms. The van der Waals surface area contributed by atoms with Crippen molar-refractivity contribution in [1.29, 1.82) is 0 Å². The van der Waals surface area contributed by atoms with Crippen LogP contribution in [0.2, 0.25) is 0 Å². The monoisotopic (exact) mass is 348 g/mol. The number of imide groups is 2. The van der Waals surface area contributed by atoms with Crippen LogP contribution in [0.5, 0.6) is 0 Å². The second-order valence-electron chi connectivity index (χ2n) is 6.00. The molecule has 0 radical (unpaired) electrons. The van der Waals surface area contributed by atoms with Crippen molar-refractivity contribution in [3.8, 4) is 0 Å². The SMILES string of the molecule is CCC.CCc1cc2c(cc1F)C(=O)N(C1CCC(=O)NC1=O)C2=O. The van der Waals surface area contributed by atoms with Crippen LogP contribution in [0.25, 0.3) is 0 Å². The van der Waals surface area contributed by atoms with Crippen LogP contribution in [0.1, 0.15) is 66.3 Å². The van der Waals surface area contributed by atoms with Gasteiger partial charge in [-0.2, -0.15) is 0 Å². The Morgan fingerprint density at radius 1 is 1.08 bits per heavy atom. The van der Waals surface area contributed by atoms with Crippen LogP contribution in [0, 0.1) is 5.82 Å². The van der Waals surface area contributed by atoms with Gasteiger partial charge in [0.25, 0.3) is 11.8 Å². The van der Waals surface area contributed by atoms with Crippen molar-refractivity contribution in [3.63, 3.8) is 0 Å². The number of aryl methyl sites for hydroxylation is 1. The lowest BCUT2D eigenvalue weighted by Crippen LogP contribution is -2.54. The van der Waals surface area contributed by atoms with Gasteiger partial charge in [-0.1, -0.05) is 27.2 Å². The highest BCUT2D eigenvalue weighted by atomic mass is 19.1. The lowest BCUT2D eigenvalue weighted by Gasteiger charge is -2.27. The summed E-state index contributed by atoms with van der Waals surface area (Å²) in [5, 5.41) is 2.11. The summed E-state index contributed by atoms with van der Waals surface area (Å²) in [6.07, 6.45) is 1.77. The summed E-state index contributed by atoms with van der Waals surface area (Å²) in [5.41, 5.74) is 0.405. The van der Waals surface area contributed by atoms with Gasteiger partial charge < -0.3 is 0 Å². The molecule has 1 N–H and O–H groups in total. The third-order valence-electron chi connectivity index (χ3n) is 3.99. The van der Waals surface area contributed by atoms with Crippen LogP contribution in [-0.4, -0.2) is 34.6 Å². The number of nitrogens with zero attached hydrogens (tertiary/aromatic N) is 1. The molecule has 134 valence electrons. The van der Waals surface area contributed by atoms with E-state index in [-0.39, 0.29) is 24.0 Å². The number of benzene rings is 1. The number of hydrogen-bond acceptors (Lipinski definition) is 4. The Hall–Kier alpha value is -2.57. The molecule has 1 aromatic rings. The largest absolute Gasteiger partial charge is 0.295 e. The lowest BCUT2D eigenvalue weighted by molar-refractivity contribution is -0.136. The van der Waals surface area contributed by atoms with Gasteiger partial charge in [0.1, 0.15) is 11.9 Å². The Labute approximate surface area is 145 Å². The molecule has 1 unspecified atom stereocenters. The molecule has 0 saturated carbocycles. The van der Waals surface area contributed by atoms with Crippen LogP contribution in [0.3, 0.4) is 0 Å². The first-order valence-electron chi connectivity index (χ1n) is 8.39. The highest BCUT2D eigenvalue weighted by Gasteiger charge is 2.44. The maximum Gasteiger partial charge on any atom is 0.262 e. The molecule has 0 bridgehead atoms. The van der Waals surface area contributed by atoms with Crippen molar-refractivity contribution < 1.29 is 23.6 Å². The number of rotatable bonds is 2. The third-order valence-corrected chi connectivity index (χ3v) is 3.99. The zero-order chi connectivity index (χ0) is 18.7. The summed E-state index contributed by atoms with van der Waals surface area (Å²) in [7, 11) is 0. The second-order valence-corrected chi connectivity index (χ2v) is 6.00. The van der Waals surface area contributed by atoms with Crippen molar-refractivity contribution in [2.75, 3.05) is 0 Å². The van der Waals surface area contributed by atoms with Crippen molar-refractivity contribution in [3.05, 3.63) is 34.6 Å². The molecule has 1 atom stereocenters. The molecule has 2 aliphatic heterocycles. The fourth-order valence-electron chi connectivity index (χ4n) is 2.81. The molecule has 6 nitrogen and oxygen atoms in total. The first-order valence-corrected chi connectivity index (χ1v) is 8.39. The molecule has 7 heteroatoms. The Bertz CT molecular complexity index is 745. The topological polar surface area (TPSA) is 83.6 Å². The fourth-order valence-corrected chi connectivity index (χ4v) is 2.81. The average molecular weight is 348 g/mol. The first kappa shape index (κ1) is 18.8. The zero-order valence-corrected chi connectivity index (χ0v) is 14.5. The number of nitrogens with one attached hydrogen (secondary N) is 1. The number of amides is 4. The second kappa shape index (κ2) is 7.55.